The Kier molecular flexibility index (Phi) is 2.85. The van der Waals surface area contributed by atoms with Crippen molar-refractivity contribution in [3.63, 3.8) is 0 Å². The normalized spacial score (nSPS) is 19.0. The molecule has 0 bridgehead atoms. The zero-order valence-electron chi connectivity index (χ0n) is 8.88. The van der Waals surface area contributed by atoms with Crippen LogP contribution in [0.1, 0.15) is 17.2 Å². The van der Waals surface area contributed by atoms with Gasteiger partial charge in [0.15, 0.2) is 0 Å². The molecule has 0 aliphatic carbocycles. The molecule has 1 atom stereocenters. The molecule has 1 aromatic rings. The summed E-state index contributed by atoms with van der Waals surface area (Å²) >= 11 is 0. The fourth-order valence-electron chi connectivity index (χ4n) is 2.08. The van der Waals surface area contributed by atoms with E-state index in [9.17, 15) is 0 Å². The highest BCUT2D eigenvalue weighted by Crippen LogP contribution is 2.25. The maximum atomic E-state index is 3.41. The van der Waals surface area contributed by atoms with Crippen molar-refractivity contribution >= 4 is 0 Å². The zero-order valence-corrected chi connectivity index (χ0v) is 8.88. The van der Waals surface area contributed by atoms with Crippen LogP contribution in [0.5, 0.6) is 0 Å². The molecule has 1 heterocycles. The van der Waals surface area contributed by atoms with E-state index in [1.165, 1.54) is 11.1 Å². The molecule has 1 saturated heterocycles. The van der Waals surface area contributed by atoms with Crippen molar-refractivity contribution in [3.05, 3.63) is 35.4 Å². The van der Waals surface area contributed by atoms with E-state index < -0.39 is 0 Å². The van der Waals surface area contributed by atoms with Gasteiger partial charge >= 0.3 is 0 Å². The number of hydrogen-bond donors (Lipinski definition) is 2. The van der Waals surface area contributed by atoms with E-state index >= 15 is 0 Å². The first-order valence-electron chi connectivity index (χ1n) is 5.26. The smallest absolute Gasteiger partial charge is 0.0370 e. The highest BCUT2D eigenvalue weighted by atomic mass is 15.0. The lowest BCUT2D eigenvalue weighted by molar-refractivity contribution is 0.268. The number of hydrogen-bond acceptors (Lipinski definition) is 2. The second-order valence-corrected chi connectivity index (χ2v) is 4.10. The minimum Gasteiger partial charge on any atom is -0.316 e. The predicted octanol–water partition coefficient (Wildman–Crippen LogP) is 1.47. The lowest BCUT2D eigenvalue weighted by Gasteiger charge is -2.35. The largest absolute Gasteiger partial charge is 0.316 e. The van der Waals surface area contributed by atoms with E-state index in [-0.39, 0.29) is 0 Å². The van der Waals surface area contributed by atoms with Crippen LogP contribution in [-0.2, 0) is 0 Å². The quantitative estimate of drug-likeness (QED) is 0.754. The molecule has 1 aliphatic rings. The molecule has 0 spiro atoms. The molecule has 0 radical (unpaired) electrons. The van der Waals surface area contributed by atoms with Crippen molar-refractivity contribution in [3.8, 4) is 0 Å². The summed E-state index contributed by atoms with van der Waals surface area (Å²) in [5.41, 5.74) is 2.76. The van der Waals surface area contributed by atoms with Gasteiger partial charge in [0.1, 0.15) is 0 Å². The van der Waals surface area contributed by atoms with E-state index in [0.29, 0.717) is 6.04 Å². The standard InChI is InChI=1S/C12H18N2/c1-9-4-3-5-10(6-9)12(13-2)11-7-14-8-11/h3-6,11-14H,7-8H2,1-2H3. The monoisotopic (exact) mass is 190 g/mol. The molecular formula is C12H18N2. The molecule has 0 aromatic heterocycles. The third-order valence-electron chi connectivity index (χ3n) is 3.00. The SMILES string of the molecule is CNC(c1cccc(C)c1)C1CNC1. The van der Waals surface area contributed by atoms with Crippen LogP contribution in [0.4, 0.5) is 0 Å². The first-order chi connectivity index (χ1) is 6.81. The Bertz CT molecular complexity index is 305. The molecule has 2 rings (SSSR count). The van der Waals surface area contributed by atoms with E-state index in [1.54, 1.807) is 0 Å². The molecular weight excluding hydrogens is 172 g/mol. The average Bonchev–Trinajstić information content (AvgIpc) is 2.10. The number of rotatable bonds is 3. The van der Waals surface area contributed by atoms with Gasteiger partial charge in [-0.15, -0.1) is 0 Å². The predicted molar refractivity (Wildman–Crippen MR) is 59.3 cm³/mol. The van der Waals surface area contributed by atoms with Crippen molar-refractivity contribution in [2.75, 3.05) is 20.1 Å². The second-order valence-electron chi connectivity index (χ2n) is 4.10. The fourth-order valence-corrected chi connectivity index (χ4v) is 2.08. The molecule has 0 saturated carbocycles. The highest BCUT2D eigenvalue weighted by molar-refractivity contribution is 5.26. The first kappa shape index (κ1) is 9.69. The summed E-state index contributed by atoms with van der Waals surface area (Å²) < 4.78 is 0. The Balaban J connectivity index is 2.17. The lowest BCUT2D eigenvalue weighted by atomic mass is 9.88. The highest BCUT2D eigenvalue weighted by Gasteiger charge is 2.26. The van der Waals surface area contributed by atoms with Gasteiger partial charge in [-0.2, -0.15) is 0 Å². The summed E-state index contributed by atoms with van der Waals surface area (Å²) in [4.78, 5) is 0. The number of aryl methyl sites for hydroxylation is 1. The van der Waals surface area contributed by atoms with Crippen molar-refractivity contribution < 1.29 is 0 Å². The van der Waals surface area contributed by atoms with Gasteiger partial charge in [0, 0.05) is 25.0 Å². The molecule has 2 heteroatoms. The number of nitrogens with one attached hydrogen (secondary N) is 2. The Labute approximate surface area is 85.7 Å². The average molecular weight is 190 g/mol. The molecule has 1 unspecified atom stereocenters. The van der Waals surface area contributed by atoms with E-state index in [4.69, 9.17) is 0 Å². The van der Waals surface area contributed by atoms with Crippen molar-refractivity contribution in [2.45, 2.75) is 13.0 Å². The molecule has 1 aliphatic heterocycles. The number of benzene rings is 1. The Hall–Kier alpha value is -0.860. The van der Waals surface area contributed by atoms with Gasteiger partial charge in [-0.05, 0) is 19.5 Å². The summed E-state index contributed by atoms with van der Waals surface area (Å²) in [5.74, 6) is 0.752. The van der Waals surface area contributed by atoms with Crippen LogP contribution >= 0.6 is 0 Å². The van der Waals surface area contributed by atoms with E-state index in [2.05, 4.69) is 41.8 Å². The molecule has 76 valence electrons. The van der Waals surface area contributed by atoms with Crippen LogP contribution < -0.4 is 10.6 Å². The summed E-state index contributed by atoms with van der Waals surface area (Å²) in [5, 5.41) is 6.73. The second kappa shape index (κ2) is 4.11. The zero-order chi connectivity index (χ0) is 9.97. The Morgan fingerprint density at radius 3 is 2.71 bits per heavy atom. The van der Waals surface area contributed by atoms with Crippen LogP contribution in [0, 0.1) is 12.8 Å². The maximum absolute atomic E-state index is 3.41. The molecule has 2 nitrogen and oxygen atoms in total. The summed E-state index contributed by atoms with van der Waals surface area (Å²) in [6, 6.07) is 9.29. The molecule has 0 amide bonds. The van der Waals surface area contributed by atoms with Crippen molar-refractivity contribution in [2.24, 2.45) is 5.92 Å². The molecule has 1 aromatic carbocycles. The summed E-state index contributed by atoms with van der Waals surface area (Å²) in [7, 11) is 2.05. The lowest BCUT2D eigenvalue weighted by Crippen LogP contribution is -2.48. The van der Waals surface area contributed by atoms with Gasteiger partial charge in [-0.25, -0.2) is 0 Å². The van der Waals surface area contributed by atoms with Gasteiger partial charge in [0.2, 0.25) is 0 Å². The van der Waals surface area contributed by atoms with Crippen LogP contribution in [-0.4, -0.2) is 20.1 Å². The minimum absolute atomic E-state index is 0.510. The molecule has 1 fully saturated rings. The van der Waals surface area contributed by atoms with Crippen LogP contribution in [0.2, 0.25) is 0 Å². The molecule has 14 heavy (non-hydrogen) atoms. The van der Waals surface area contributed by atoms with Gasteiger partial charge < -0.3 is 10.6 Å². The van der Waals surface area contributed by atoms with Crippen molar-refractivity contribution in [1.82, 2.24) is 10.6 Å². The van der Waals surface area contributed by atoms with Gasteiger partial charge in [0.25, 0.3) is 0 Å². The third-order valence-corrected chi connectivity index (χ3v) is 3.00. The van der Waals surface area contributed by atoms with Gasteiger partial charge in [-0.1, -0.05) is 29.8 Å². The summed E-state index contributed by atoms with van der Waals surface area (Å²) in [6.07, 6.45) is 0. The van der Waals surface area contributed by atoms with Crippen LogP contribution in [0.3, 0.4) is 0 Å². The topological polar surface area (TPSA) is 24.1 Å². The fraction of sp³-hybridized carbons (Fsp3) is 0.500. The first-order valence-corrected chi connectivity index (χ1v) is 5.26. The van der Waals surface area contributed by atoms with Gasteiger partial charge in [0.05, 0.1) is 0 Å². The maximum Gasteiger partial charge on any atom is 0.0370 e. The van der Waals surface area contributed by atoms with Gasteiger partial charge in [-0.3, -0.25) is 0 Å². The van der Waals surface area contributed by atoms with Crippen LogP contribution in [0.15, 0.2) is 24.3 Å². The van der Waals surface area contributed by atoms with E-state index in [1.807, 2.05) is 7.05 Å². The summed E-state index contributed by atoms with van der Waals surface area (Å²) in [6.45, 7) is 4.42. The van der Waals surface area contributed by atoms with Crippen LogP contribution in [0.25, 0.3) is 0 Å². The minimum atomic E-state index is 0.510. The van der Waals surface area contributed by atoms with Crippen molar-refractivity contribution in [1.29, 1.82) is 0 Å². The third kappa shape index (κ3) is 1.81. The Morgan fingerprint density at radius 1 is 1.43 bits per heavy atom. The van der Waals surface area contributed by atoms with E-state index in [0.717, 1.165) is 19.0 Å². The molecule has 2 N–H and O–H groups in total. The Morgan fingerprint density at radius 2 is 2.21 bits per heavy atom.